The van der Waals surface area contributed by atoms with Gasteiger partial charge in [0.2, 0.25) is 0 Å². The third-order valence-electron chi connectivity index (χ3n) is 1.11. The zero-order valence-electron chi connectivity index (χ0n) is 7.78. The number of rotatable bonds is 5. The fourth-order valence-corrected chi connectivity index (χ4v) is 0.641. The molecule has 76 valence electrons. The predicted octanol–water partition coefficient (Wildman–Crippen LogP) is -0.136. The van der Waals surface area contributed by atoms with E-state index in [1.54, 1.807) is 0 Å². The summed E-state index contributed by atoms with van der Waals surface area (Å²) in [6.07, 6.45) is -0.749. The largest absolute Gasteiger partial charge is 0.462 e. The summed E-state index contributed by atoms with van der Waals surface area (Å²) in [5.41, 5.74) is 0. The molecule has 0 bridgehead atoms. The fraction of sp³-hybridized carbons (Fsp3) is 0.750. The van der Waals surface area contributed by atoms with E-state index >= 15 is 0 Å². The van der Waals surface area contributed by atoms with Crippen molar-refractivity contribution >= 4 is 11.9 Å². The van der Waals surface area contributed by atoms with Gasteiger partial charge >= 0.3 is 11.9 Å². The molecule has 0 aromatic heterocycles. The molecule has 0 aromatic carbocycles. The summed E-state index contributed by atoms with van der Waals surface area (Å²) >= 11 is 0. The zero-order valence-corrected chi connectivity index (χ0v) is 7.78. The number of carbonyl (C=O) groups excluding carboxylic acids is 2. The van der Waals surface area contributed by atoms with Gasteiger partial charge in [-0.1, -0.05) is 0 Å². The van der Waals surface area contributed by atoms with Gasteiger partial charge in [-0.15, -0.1) is 0 Å². The maximum Gasteiger partial charge on any atom is 0.308 e. The van der Waals surface area contributed by atoms with Crippen LogP contribution in [0.5, 0.6) is 0 Å². The van der Waals surface area contributed by atoms with E-state index in [2.05, 4.69) is 9.47 Å². The highest BCUT2D eigenvalue weighted by Crippen LogP contribution is 1.92. The summed E-state index contributed by atoms with van der Waals surface area (Å²) in [5.74, 6) is -0.909. The molecular formula is C8H14O5. The summed E-state index contributed by atoms with van der Waals surface area (Å²) in [6.45, 7) is 2.86. The minimum absolute atomic E-state index is 0.0329. The Balaban J connectivity index is 3.32. The van der Waals surface area contributed by atoms with Crippen molar-refractivity contribution in [2.24, 2.45) is 0 Å². The third-order valence-corrected chi connectivity index (χ3v) is 1.11. The van der Waals surface area contributed by atoms with Gasteiger partial charge in [0.1, 0.15) is 13.2 Å². The molecule has 0 amide bonds. The average molecular weight is 190 g/mol. The molecule has 5 heteroatoms. The standard InChI is InChI=1S/C8H14O5/c1-6(9)5-8(11)13-4-3-12-7(2)10/h6,9H,3-5H2,1-2H3/t6-/m0/s1. The Morgan fingerprint density at radius 3 is 2.31 bits per heavy atom. The van der Waals surface area contributed by atoms with Crippen LogP contribution in [0.4, 0.5) is 0 Å². The van der Waals surface area contributed by atoms with E-state index < -0.39 is 18.0 Å². The van der Waals surface area contributed by atoms with Crippen LogP contribution in [0.3, 0.4) is 0 Å². The lowest BCUT2D eigenvalue weighted by molar-refractivity contribution is -0.152. The number of carbonyl (C=O) groups is 2. The van der Waals surface area contributed by atoms with E-state index in [-0.39, 0.29) is 19.6 Å². The summed E-state index contributed by atoms with van der Waals surface area (Å²) in [7, 11) is 0. The monoisotopic (exact) mass is 190 g/mol. The lowest BCUT2D eigenvalue weighted by atomic mass is 10.3. The Morgan fingerprint density at radius 1 is 1.31 bits per heavy atom. The van der Waals surface area contributed by atoms with Gasteiger partial charge in [0.15, 0.2) is 0 Å². The second-order valence-electron chi connectivity index (χ2n) is 2.61. The van der Waals surface area contributed by atoms with E-state index in [0.29, 0.717) is 0 Å². The maximum absolute atomic E-state index is 10.8. The van der Waals surface area contributed by atoms with E-state index in [0.717, 1.165) is 0 Å². The highest BCUT2D eigenvalue weighted by molar-refractivity contribution is 5.69. The Labute approximate surface area is 76.6 Å². The predicted molar refractivity (Wildman–Crippen MR) is 43.9 cm³/mol. The topological polar surface area (TPSA) is 72.8 Å². The molecule has 0 unspecified atom stereocenters. The van der Waals surface area contributed by atoms with Gasteiger partial charge in [0, 0.05) is 6.92 Å². The Morgan fingerprint density at radius 2 is 1.85 bits per heavy atom. The maximum atomic E-state index is 10.8. The molecule has 13 heavy (non-hydrogen) atoms. The highest BCUT2D eigenvalue weighted by atomic mass is 16.6. The summed E-state index contributed by atoms with van der Waals surface area (Å²) < 4.78 is 9.15. The number of aliphatic hydroxyl groups is 1. The van der Waals surface area contributed by atoms with Gasteiger partial charge < -0.3 is 14.6 Å². The quantitative estimate of drug-likeness (QED) is 0.482. The minimum atomic E-state index is -0.707. The first-order valence-electron chi connectivity index (χ1n) is 3.99. The second-order valence-corrected chi connectivity index (χ2v) is 2.61. The first-order chi connectivity index (χ1) is 6.02. The third kappa shape index (κ3) is 8.81. The van der Waals surface area contributed by atoms with E-state index in [9.17, 15) is 9.59 Å². The SMILES string of the molecule is CC(=O)OCCOC(=O)C[C@H](C)O. The number of hydrogen-bond donors (Lipinski definition) is 1. The number of esters is 2. The van der Waals surface area contributed by atoms with Crippen molar-refractivity contribution in [3.8, 4) is 0 Å². The molecule has 1 N–H and O–H groups in total. The van der Waals surface area contributed by atoms with Crippen LogP contribution in [-0.2, 0) is 19.1 Å². The number of ether oxygens (including phenoxy) is 2. The molecule has 0 spiro atoms. The van der Waals surface area contributed by atoms with Crippen LogP contribution >= 0.6 is 0 Å². The lowest BCUT2D eigenvalue weighted by Gasteiger charge is -2.05. The van der Waals surface area contributed by atoms with Crippen LogP contribution in [0, 0.1) is 0 Å². The van der Waals surface area contributed by atoms with E-state index in [4.69, 9.17) is 5.11 Å². The molecule has 0 heterocycles. The van der Waals surface area contributed by atoms with E-state index in [1.165, 1.54) is 13.8 Å². The molecule has 0 rings (SSSR count). The first kappa shape index (κ1) is 11.9. The van der Waals surface area contributed by atoms with Crippen molar-refractivity contribution < 1.29 is 24.2 Å². The van der Waals surface area contributed by atoms with Crippen molar-refractivity contribution in [2.45, 2.75) is 26.4 Å². The van der Waals surface area contributed by atoms with Gasteiger partial charge in [0.05, 0.1) is 12.5 Å². The van der Waals surface area contributed by atoms with Crippen molar-refractivity contribution in [3.63, 3.8) is 0 Å². The molecule has 0 aliphatic carbocycles. The lowest BCUT2D eigenvalue weighted by Crippen LogP contribution is -2.16. The van der Waals surface area contributed by atoms with Crippen molar-refractivity contribution in [3.05, 3.63) is 0 Å². The van der Waals surface area contributed by atoms with Crippen LogP contribution in [0.25, 0.3) is 0 Å². The van der Waals surface area contributed by atoms with Crippen molar-refractivity contribution in [1.29, 1.82) is 0 Å². The zero-order chi connectivity index (χ0) is 10.3. The first-order valence-corrected chi connectivity index (χ1v) is 3.99. The van der Waals surface area contributed by atoms with Crippen LogP contribution in [0.15, 0.2) is 0 Å². The van der Waals surface area contributed by atoms with Gasteiger partial charge in [-0.25, -0.2) is 0 Å². The normalized spacial score (nSPS) is 11.9. The van der Waals surface area contributed by atoms with Crippen molar-refractivity contribution in [2.75, 3.05) is 13.2 Å². The molecule has 0 radical (unpaired) electrons. The highest BCUT2D eigenvalue weighted by Gasteiger charge is 2.06. The van der Waals surface area contributed by atoms with Crippen LogP contribution in [-0.4, -0.2) is 36.4 Å². The Kier molecular flexibility index (Phi) is 5.88. The smallest absolute Gasteiger partial charge is 0.308 e. The number of hydrogen-bond acceptors (Lipinski definition) is 5. The molecular weight excluding hydrogens is 176 g/mol. The summed E-state index contributed by atoms with van der Waals surface area (Å²) in [4.78, 5) is 21.0. The average Bonchev–Trinajstić information content (AvgIpc) is 1.96. The molecule has 0 saturated carbocycles. The Hall–Kier alpha value is -1.10. The Bertz CT molecular complexity index is 175. The second kappa shape index (κ2) is 6.42. The van der Waals surface area contributed by atoms with E-state index in [1.807, 2.05) is 0 Å². The summed E-state index contributed by atoms with van der Waals surface area (Å²) in [6, 6.07) is 0. The molecule has 1 atom stereocenters. The number of aliphatic hydroxyl groups excluding tert-OH is 1. The molecule has 0 aliphatic heterocycles. The molecule has 0 aliphatic rings. The van der Waals surface area contributed by atoms with Crippen LogP contribution in [0.2, 0.25) is 0 Å². The molecule has 5 nitrogen and oxygen atoms in total. The van der Waals surface area contributed by atoms with Crippen LogP contribution < -0.4 is 0 Å². The molecule has 0 saturated heterocycles. The molecule has 0 aromatic rings. The van der Waals surface area contributed by atoms with Crippen molar-refractivity contribution in [1.82, 2.24) is 0 Å². The van der Waals surface area contributed by atoms with Gasteiger partial charge in [-0.3, -0.25) is 9.59 Å². The fourth-order valence-electron chi connectivity index (χ4n) is 0.641. The van der Waals surface area contributed by atoms with Gasteiger partial charge in [-0.05, 0) is 6.92 Å². The molecule has 0 fully saturated rings. The minimum Gasteiger partial charge on any atom is -0.462 e. The van der Waals surface area contributed by atoms with Gasteiger partial charge in [-0.2, -0.15) is 0 Å². The van der Waals surface area contributed by atoms with Gasteiger partial charge in [0.25, 0.3) is 0 Å². The van der Waals surface area contributed by atoms with Crippen LogP contribution in [0.1, 0.15) is 20.3 Å². The summed E-state index contributed by atoms with van der Waals surface area (Å²) in [5, 5.41) is 8.78.